The van der Waals surface area contributed by atoms with Gasteiger partial charge in [-0.05, 0) is 25.6 Å². The number of ether oxygens (including phenoxy) is 1. The van der Waals surface area contributed by atoms with Crippen LogP contribution in [0, 0.1) is 5.82 Å². The molecule has 17 heavy (non-hydrogen) atoms. The van der Waals surface area contributed by atoms with Gasteiger partial charge in [-0.15, -0.1) is 11.8 Å². The van der Waals surface area contributed by atoms with Gasteiger partial charge in [-0.2, -0.15) is 0 Å². The predicted octanol–water partition coefficient (Wildman–Crippen LogP) is 3.23. The maximum absolute atomic E-state index is 13.8. The first-order chi connectivity index (χ1) is 8.20. The normalized spacial score (nSPS) is 12.7. The summed E-state index contributed by atoms with van der Waals surface area (Å²) in [7, 11) is 1.67. The standard InChI is InChI=1S/C13H20FNOS/c1-4-15-10(2)13-11(14)6-5-7-12(13)17-9-8-16-3/h5-7,10,15H,4,8-9H2,1-3H3. The first-order valence-corrected chi connectivity index (χ1v) is 6.82. The predicted molar refractivity (Wildman–Crippen MR) is 71.1 cm³/mol. The van der Waals surface area contributed by atoms with Crippen molar-refractivity contribution in [2.75, 3.05) is 26.0 Å². The Morgan fingerprint density at radius 2 is 2.24 bits per heavy atom. The highest BCUT2D eigenvalue weighted by molar-refractivity contribution is 7.99. The van der Waals surface area contributed by atoms with Crippen molar-refractivity contribution in [3.63, 3.8) is 0 Å². The van der Waals surface area contributed by atoms with E-state index in [1.165, 1.54) is 6.07 Å². The summed E-state index contributed by atoms with van der Waals surface area (Å²) in [6.07, 6.45) is 0. The molecule has 0 saturated heterocycles. The fourth-order valence-corrected chi connectivity index (χ4v) is 2.78. The molecule has 0 aliphatic heterocycles. The van der Waals surface area contributed by atoms with Crippen molar-refractivity contribution in [3.8, 4) is 0 Å². The van der Waals surface area contributed by atoms with E-state index in [9.17, 15) is 4.39 Å². The highest BCUT2D eigenvalue weighted by atomic mass is 32.2. The molecule has 0 fully saturated rings. The third-order valence-electron chi connectivity index (χ3n) is 2.50. The first-order valence-electron chi connectivity index (χ1n) is 5.84. The summed E-state index contributed by atoms with van der Waals surface area (Å²) in [4.78, 5) is 0.996. The Morgan fingerprint density at radius 1 is 1.47 bits per heavy atom. The van der Waals surface area contributed by atoms with Gasteiger partial charge < -0.3 is 10.1 Å². The maximum Gasteiger partial charge on any atom is 0.129 e. The van der Waals surface area contributed by atoms with Crippen molar-refractivity contribution < 1.29 is 9.13 Å². The molecule has 1 unspecified atom stereocenters. The SMILES string of the molecule is CCNC(C)c1c(F)cccc1SCCOC. The van der Waals surface area contributed by atoms with Gasteiger partial charge in [-0.25, -0.2) is 4.39 Å². The van der Waals surface area contributed by atoms with E-state index in [1.807, 2.05) is 19.9 Å². The molecule has 1 atom stereocenters. The largest absolute Gasteiger partial charge is 0.384 e. The van der Waals surface area contributed by atoms with E-state index in [-0.39, 0.29) is 11.9 Å². The third-order valence-corrected chi connectivity index (χ3v) is 3.54. The van der Waals surface area contributed by atoms with Crippen LogP contribution >= 0.6 is 11.8 Å². The highest BCUT2D eigenvalue weighted by Crippen LogP contribution is 2.29. The van der Waals surface area contributed by atoms with E-state index >= 15 is 0 Å². The minimum Gasteiger partial charge on any atom is -0.384 e. The van der Waals surface area contributed by atoms with E-state index in [4.69, 9.17) is 4.74 Å². The number of hydrogen-bond acceptors (Lipinski definition) is 3. The van der Waals surface area contributed by atoms with Crippen LogP contribution in [0.5, 0.6) is 0 Å². The molecular formula is C13H20FNOS. The molecule has 0 spiro atoms. The molecule has 0 amide bonds. The second-order valence-corrected chi connectivity index (χ2v) is 4.91. The molecule has 0 radical (unpaired) electrons. The molecular weight excluding hydrogens is 237 g/mol. The van der Waals surface area contributed by atoms with Crippen LogP contribution in [0.2, 0.25) is 0 Å². The van der Waals surface area contributed by atoms with E-state index in [2.05, 4.69) is 5.32 Å². The Morgan fingerprint density at radius 3 is 2.88 bits per heavy atom. The molecule has 1 aromatic rings. The molecule has 1 N–H and O–H groups in total. The lowest BCUT2D eigenvalue weighted by Crippen LogP contribution is -2.19. The van der Waals surface area contributed by atoms with Gasteiger partial charge in [0, 0.05) is 29.4 Å². The second-order valence-electron chi connectivity index (χ2n) is 3.77. The number of benzene rings is 1. The molecule has 0 aliphatic carbocycles. The number of halogens is 1. The zero-order chi connectivity index (χ0) is 12.7. The van der Waals surface area contributed by atoms with Gasteiger partial charge in [-0.3, -0.25) is 0 Å². The maximum atomic E-state index is 13.8. The van der Waals surface area contributed by atoms with Gasteiger partial charge in [0.1, 0.15) is 5.82 Å². The lowest BCUT2D eigenvalue weighted by molar-refractivity contribution is 0.218. The van der Waals surface area contributed by atoms with Crippen LogP contribution in [0.25, 0.3) is 0 Å². The number of hydrogen-bond donors (Lipinski definition) is 1. The molecule has 0 heterocycles. The molecule has 4 heteroatoms. The van der Waals surface area contributed by atoms with E-state index < -0.39 is 0 Å². The third kappa shape index (κ3) is 4.30. The zero-order valence-corrected chi connectivity index (χ0v) is 11.4. The quantitative estimate of drug-likeness (QED) is 0.598. The molecule has 0 aromatic heterocycles. The summed E-state index contributed by atoms with van der Waals surface area (Å²) in [5.74, 6) is 0.701. The molecule has 0 aliphatic rings. The van der Waals surface area contributed by atoms with Gasteiger partial charge in [0.15, 0.2) is 0 Å². The van der Waals surface area contributed by atoms with Crippen molar-refractivity contribution in [2.24, 2.45) is 0 Å². The summed E-state index contributed by atoms with van der Waals surface area (Å²) in [6, 6.07) is 5.27. The molecule has 96 valence electrons. The van der Waals surface area contributed by atoms with Crippen LogP contribution in [0.3, 0.4) is 0 Å². The number of methoxy groups -OCH3 is 1. The van der Waals surface area contributed by atoms with Crippen LogP contribution in [-0.4, -0.2) is 26.0 Å². The summed E-state index contributed by atoms with van der Waals surface area (Å²) < 4.78 is 18.9. The topological polar surface area (TPSA) is 21.3 Å². The summed E-state index contributed by atoms with van der Waals surface area (Å²) >= 11 is 1.63. The number of rotatable bonds is 7. The summed E-state index contributed by atoms with van der Waals surface area (Å²) in [5.41, 5.74) is 0.760. The van der Waals surface area contributed by atoms with Gasteiger partial charge in [-0.1, -0.05) is 13.0 Å². The van der Waals surface area contributed by atoms with Crippen molar-refractivity contribution in [3.05, 3.63) is 29.6 Å². The summed E-state index contributed by atoms with van der Waals surface area (Å²) in [5, 5.41) is 3.25. The van der Waals surface area contributed by atoms with E-state index in [1.54, 1.807) is 24.9 Å². The average molecular weight is 257 g/mol. The van der Waals surface area contributed by atoms with Crippen LogP contribution in [0.15, 0.2) is 23.1 Å². The zero-order valence-electron chi connectivity index (χ0n) is 10.6. The number of thioether (sulfide) groups is 1. The Balaban J connectivity index is 2.83. The smallest absolute Gasteiger partial charge is 0.129 e. The monoisotopic (exact) mass is 257 g/mol. The van der Waals surface area contributed by atoms with E-state index in [0.717, 1.165) is 22.8 Å². The van der Waals surface area contributed by atoms with Gasteiger partial charge in [0.2, 0.25) is 0 Å². The molecule has 0 bridgehead atoms. The van der Waals surface area contributed by atoms with Gasteiger partial charge in [0.25, 0.3) is 0 Å². The molecule has 2 nitrogen and oxygen atoms in total. The first kappa shape index (κ1) is 14.5. The molecule has 1 rings (SSSR count). The fraction of sp³-hybridized carbons (Fsp3) is 0.538. The Kier molecular flexibility index (Phi) is 6.55. The second kappa shape index (κ2) is 7.69. The molecule has 0 saturated carbocycles. The fourth-order valence-electron chi connectivity index (χ4n) is 1.71. The highest BCUT2D eigenvalue weighted by Gasteiger charge is 2.14. The Hall–Kier alpha value is -0.580. The number of nitrogens with one attached hydrogen (secondary N) is 1. The lowest BCUT2D eigenvalue weighted by atomic mass is 10.1. The molecule has 1 aromatic carbocycles. The van der Waals surface area contributed by atoms with Crippen LogP contribution < -0.4 is 5.32 Å². The summed E-state index contributed by atoms with van der Waals surface area (Å²) in [6.45, 7) is 5.52. The van der Waals surface area contributed by atoms with Crippen LogP contribution in [0.4, 0.5) is 4.39 Å². The van der Waals surface area contributed by atoms with Crippen molar-refractivity contribution in [1.29, 1.82) is 0 Å². The lowest BCUT2D eigenvalue weighted by Gasteiger charge is -2.17. The minimum atomic E-state index is -0.138. The van der Waals surface area contributed by atoms with Crippen molar-refractivity contribution in [2.45, 2.75) is 24.8 Å². The Labute approximate surface area is 107 Å². The van der Waals surface area contributed by atoms with Crippen LogP contribution in [-0.2, 0) is 4.74 Å². The van der Waals surface area contributed by atoms with Crippen molar-refractivity contribution >= 4 is 11.8 Å². The average Bonchev–Trinajstić information content (AvgIpc) is 2.29. The minimum absolute atomic E-state index is 0.0336. The van der Waals surface area contributed by atoms with Crippen molar-refractivity contribution in [1.82, 2.24) is 5.32 Å². The van der Waals surface area contributed by atoms with E-state index in [0.29, 0.717) is 6.61 Å². The van der Waals surface area contributed by atoms with Crippen LogP contribution in [0.1, 0.15) is 25.5 Å². The Bertz CT molecular complexity index is 346. The van der Waals surface area contributed by atoms with Gasteiger partial charge in [0.05, 0.1) is 6.61 Å². The van der Waals surface area contributed by atoms with Gasteiger partial charge >= 0.3 is 0 Å².